The van der Waals surface area contributed by atoms with Crippen LogP contribution in [0.1, 0.15) is 22.0 Å². The van der Waals surface area contributed by atoms with Crippen molar-refractivity contribution in [2.75, 3.05) is 13.1 Å². The fourth-order valence-corrected chi connectivity index (χ4v) is 3.46. The zero-order chi connectivity index (χ0) is 19.0. The molecule has 3 aromatic rings. The fraction of sp³-hybridized carbons (Fsp3) is 0.158. The molecule has 3 heterocycles. The van der Waals surface area contributed by atoms with Gasteiger partial charge in [-0.3, -0.25) is 18.8 Å². The van der Waals surface area contributed by atoms with Crippen LogP contribution in [0.4, 0.5) is 0 Å². The Morgan fingerprint density at radius 2 is 1.93 bits per heavy atom. The van der Waals surface area contributed by atoms with Crippen molar-refractivity contribution in [2.24, 2.45) is 0 Å². The van der Waals surface area contributed by atoms with Gasteiger partial charge in [-0.15, -0.1) is 0 Å². The maximum atomic E-state index is 13.2. The highest BCUT2D eigenvalue weighted by atomic mass is 35.5. The number of fused-ring (bicyclic) bond motifs is 1. The van der Waals surface area contributed by atoms with Gasteiger partial charge in [0.05, 0.1) is 0 Å². The topological polar surface area (TPSA) is 83.8 Å². The monoisotopic (exact) mass is 382 g/mol. The smallest absolute Gasteiger partial charge is 0.270 e. The van der Waals surface area contributed by atoms with Crippen molar-refractivity contribution in [3.8, 4) is 0 Å². The molecule has 0 radical (unpaired) electrons. The number of piperazine rings is 1. The van der Waals surface area contributed by atoms with Crippen molar-refractivity contribution >= 4 is 29.1 Å². The van der Waals surface area contributed by atoms with Crippen molar-refractivity contribution in [2.45, 2.75) is 6.04 Å². The molecular weight excluding hydrogens is 368 g/mol. The van der Waals surface area contributed by atoms with Gasteiger partial charge in [0.15, 0.2) is 0 Å². The summed E-state index contributed by atoms with van der Waals surface area (Å²) in [5.41, 5.74) is 0.386. The highest BCUT2D eigenvalue weighted by molar-refractivity contribution is 6.31. The summed E-state index contributed by atoms with van der Waals surface area (Å²) in [7, 11) is 0. The van der Waals surface area contributed by atoms with Gasteiger partial charge in [-0.2, -0.15) is 0 Å². The molecule has 4 rings (SSSR count). The molecule has 1 atom stereocenters. The Balaban J connectivity index is 1.80. The van der Waals surface area contributed by atoms with E-state index in [0.717, 1.165) is 0 Å². The number of benzene rings is 1. The zero-order valence-electron chi connectivity index (χ0n) is 14.1. The third kappa shape index (κ3) is 2.96. The number of carbonyl (C=O) groups excluding carboxylic acids is 2. The number of amides is 2. The summed E-state index contributed by atoms with van der Waals surface area (Å²) in [6.45, 7) is 0.561. The molecule has 0 bridgehead atoms. The van der Waals surface area contributed by atoms with Crippen molar-refractivity contribution in [3.05, 3.63) is 81.4 Å². The minimum absolute atomic E-state index is 0.0922. The van der Waals surface area contributed by atoms with Crippen LogP contribution in [0.5, 0.6) is 0 Å². The van der Waals surface area contributed by atoms with Crippen LogP contribution in [0.15, 0.2) is 59.7 Å². The number of hydrogen-bond acceptors (Lipinski definition) is 4. The van der Waals surface area contributed by atoms with Gasteiger partial charge < -0.3 is 10.2 Å². The van der Waals surface area contributed by atoms with Gasteiger partial charge in [0.25, 0.3) is 11.5 Å². The molecule has 1 fully saturated rings. The molecule has 0 saturated carbocycles. The van der Waals surface area contributed by atoms with Crippen molar-refractivity contribution < 1.29 is 9.59 Å². The summed E-state index contributed by atoms with van der Waals surface area (Å²) in [4.78, 5) is 44.0. The molecule has 8 heteroatoms. The van der Waals surface area contributed by atoms with E-state index in [2.05, 4.69) is 10.3 Å². The normalized spacial score (nSPS) is 17.0. The molecule has 7 nitrogen and oxygen atoms in total. The maximum Gasteiger partial charge on any atom is 0.270 e. The molecule has 1 N–H and O–H groups in total. The third-order valence-corrected chi connectivity index (χ3v) is 4.86. The SMILES string of the molecule is O=C1NCCN(C(=O)c2cnc3ccccn3c2=O)[C@H]1c1ccccc1Cl. The summed E-state index contributed by atoms with van der Waals surface area (Å²) in [6.07, 6.45) is 2.81. The number of rotatable bonds is 2. The summed E-state index contributed by atoms with van der Waals surface area (Å²) >= 11 is 6.25. The molecule has 0 unspecified atom stereocenters. The zero-order valence-corrected chi connectivity index (χ0v) is 14.9. The molecule has 27 heavy (non-hydrogen) atoms. The molecule has 136 valence electrons. The molecule has 2 aromatic heterocycles. The molecule has 1 saturated heterocycles. The number of pyridine rings is 1. The quantitative estimate of drug-likeness (QED) is 0.730. The molecule has 1 aromatic carbocycles. The summed E-state index contributed by atoms with van der Waals surface area (Å²) < 4.78 is 1.31. The number of halogens is 1. The summed E-state index contributed by atoms with van der Waals surface area (Å²) in [5, 5.41) is 3.13. The van der Waals surface area contributed by atoms with Gasteiger partial charge in [-0.05, 0) is 18.2 Å². The van der Waals surface area contributed by atoms with Gasteiger partial charge in [-0.1, -0.05) is 35.9 Å². The van der Waals surface area contributed by atoms with E-state index in [1.54, 1.807) is 48.7 Å². The Bertz CT molecular complexity index is 1110. The highest BCUT2D eigenvalue weighted by Gasteiger charge is 2.36. The predicted molar refractivity (Wildman–Crippen MR) is 99.7 cm³/mol. The lowest BCUT2D eigenvalue weighted by Gasteiger charge is -2.35. The fourth-order valence-electron chi connectivity index (χ4n) is 3.22. The van der Waals surface area contributed by atoms with Crippen LogP contribution in [-0.2, 0) is 4.79 Å². The Labute approximate surface area is 159 Å². The molecule has 1 aliphatic rings. The van der Waals surface area contributed by atoms with Crippen LogP contribution in [-0.4, -0.2) is 39.2 Å². The largest absolute Gasteiger partial charge is 0.352 e. The summed E-state index contributed by atoms with van der Waals surface area (Å²) in [5.74, 6) is -0.887. The van der Waals surface area contributed by atoms with E-state index in [0.29, 0.717) is 22.8 Å². The lowest BCUT2D eigenvalue weighted by molar-refractivity contribution is -0.128. The Kier molecular flexibility index (Phi) is 4.37. The first-order chi connectivity index (χ1) is 13.1. The molecule has 0 spiro atoms. The molecule has 0 aliphatic carbocycles. The molecular formula is C19H15ClN4O3. The van der Waals surface area contributed by atoms with Gasteiger partial charge >= 0.3 is 0 Å². The standard InChI is InChI=1S/C19H15ClN4O3/c20-14-6-2-1-5-12(14)16-17(25)21-8-10-24(16)19(27)13-11-22-15-7-3-4-9-23(15)18(13)26/h1-7,9,11,16H,8,10H2,(H,21,25)/t16-/m0/s1. The average Bonchev–Trinajstić information content (AvgIpc) is 2.69. The minimum atomic E-state index is -0.907. The van der Waals surface area contributed by atoms with Crippen molar-refractivity contribution in [1.82, 2.24) is 19.6 Å². The second-order valence-electron chi connectivity index (χ2n) is 6.12. The van der Waals surface area contributed by atoms with Gasteiger partial charge in [-0.25, -0.2) is 4.98 Å². The lowest BCUT2D eigenvalue weighted by Crippen LogP contribution is -2.53. The third-order valence-electron chi connectivity index (χ3n) is 4.52. The number of nitrogens with zero attached hydrogens (tertiary/aromatic N) is 3. The Morgan fingerprint density at radius 1 is 1.15 bits per heavy atom. The Hall–Kier alpha value is -3.19. The first-order valence-corrected chi connectivity index (χ1v) is 8.75. The first kappa shape index (κ1) is 17.2. The molecule has 1 aliphatic heterocycles. The van der Waals surface area contributed by atoms with E-state index in [9.17, 15) is 14.4 Å². The van der Waals surface area contributed by atoms with E-state index in [-0.39, 0.29) is 18.0 Å². The first-order valence-electron chi connectivity index (χ1n) is 8.37. The highest BCUT2D eigenvalue weighted by Crippen LogP contribution is 2.30. The maximum absolute atomic E-state index is 13.2. The van der Waals surface area contributed by atoms with E-state index < -0.39 is 17.5 Å². The summed E-state index contributed by atoms with van der Waals surface area (Å²) in [6, 6.07) is 11.1. The van der Waals surface area contributed by atoms with Crippen LogP contribution in [0.3, 0.4) is 0 Å². The van der Waals surface area contributed by atoms with Crippen molar-refractivity contribution in [3.63, 3.8) is 0 Å². The van der Waals surface area contributed by atoms with Gasteiger partial charge in [0, 0.05) is 36.1 Å². The van der Waals surface area contributed by atoms with Gasteiger partial charge in [0.2, 0.25) is 5.91 Å². The van der Waals surface area contributed by atoms with Crippen LogP contribution in [0, 0.1) is 0 Å². The van der Waals surface area contributed by atoms with Crippen LogP contribution in [0.25, 0.3) is 5.65 Å². The predicted octanol–water partition coefficient (Wildman–Crippen LogP) is 1.66. The van der Waals surface area contributed by atoms with E-state index in [1.165, 1.54) is 15.5 Å². The number of hydrogen-bond donors (Lipinski definition) is 1. The molecule has 2 amide bonds. The number of carbonyl (C=O) groups is 2. The number of nitrogens with one attached hydrogen (secondary N) is 1. The van der Waals surface area contributed by atoms with Crippen molar-refractivity contribution in [1.29, 1.82) is 0 Å². The van der Waals surface area contributed by atoms with E-state index >= 15 is 0 Å². The second kappa shape index (κ2) is 6.85. The number of aromatic nitrogens is 2. The average molecular weight is 383 g/mol. The van der Waals surface area contributed by atoms with E-state index in [1.807, 2.05) is 0 Å². The van der Waals surface area contributed by atoms with Crippen LogP contribution < -0.4 is 10.9 Å². The van der Waals surface area contributed by atoms with E-state index in [4.69, 9.17) is 11.6 Å². The van der Waals surface area contributed by atoms with Crippen LogP contribution >= 0.6 is 11.6 Å². The second-order valence-corrected chi connectivity index (χ2v) is 6.53. The minimum Gasteiger partial charge on any atom is -0.352 e. The van der Waals surface area contributed by atoms with Crippen LogP contribution in [0.2, 0.25) is 5.02 Å². The Morgan fingerprint density at radius 3 is 2.74 bits per heavy atom. The lowest BCUT2D eigenvalue weighted by atomic mass is 10.0. The van der Waals surface area contributed by atoms with Gasteiger partial charge in [0.1, 0.15) is 17.3 Å².